The largest absolute Gasteiger partial charge is 0.349 e. The Bertz CT molecular complexity index is 452. The molecule has 1 N–H and O–H groups in total. The van der Waals surface area contributed by atoms with Gasteiger partial charge in [-0.2, -0.15) is 0 Å². The highest BCUT2D eigenvalue weighted by atomic mass is 35.5. The van der Waals surface area contributed by atoms with Crippen LogP contribution in [0.5, 0.6) is 0 Å². The minimum atomic E-state index is -0.0934. The molecule has 0 bridgehead atoms. The summed E-state index contributed by atoms with van der Waals surface area (Å²) in [6.45, 7) is 10.4. The number of pyridine rings is 1. The highest BCUT2D eigenvalue weighted by Gasteiger charge is 2.22. The molecule has 106 valence electrons. The van der Waals surface area contributed by atoms with Crippen molar-refractivity contribution in [3.05, 3.63) is 28.5 Å². The van der Waals surface area contributed by atoms with Gasteiger partial charge in [0.15, 0.2) is 0 Å². The number of amides is 1. The van der Waals surface area contributed by atoms with Gasteiger partial charge in [0.05, 0.1) is 0 Å². The van der Waals surface area contributed by atoms with Crippen molar-refractivity contribution in [2.24, 2.45) is 5.41 Å². The maximum absolute atomic E-state index is 12.2. The number of halogens is 1. The summed E-state index contributed by atoms with van der Waals surface area (Å²) >= 11 is 5.97. The van der Waals surface area contributed by atoms with E-state index in [1.165, 1.54) is 0 Å². The molecule has 1 heterocycles. The van der Waals surface area contributed by atoms with E-state index in [0.717, 1.165) is 18.5 Å². The quantitative estimate of drug-likeness (QED) is 0.852. The van der Waals surface area contributed by atoms with Gasteiger partial charge in [-0.05, 0) is 30.9 Å². The highest BCUT2D eigenvalue weighted by molar-refractivity contribution is 6.29. The summed E-state index contributed by atoms with van der Waals surface area (Å²) in [7, 11) is 0. The van der Waals surface area contributed by atoms with Gasteiger partial charge in [0.25, 0.3) is 5.91 Å². The maximum Gasteiger partial charge on any atom is 0.251 e. The Morgan fingerprint density at radius 2 is 2.05 bits per heavy atom. The van der Waals surface area contributed by atoms with E-state index in [1.807, 2.05) is 13.0 Å². The molecule has 1 rings (SSSR count). The number of carbonyl (C=O) groups excluding carboxylic acids is 1. The number of hydrogen-bond acceptors (Lipinski definition) is 2. The zero-order valence-corrected chi connectivity index (χ0v) is 13.1. The topological polar surface area (TPSA) is 42.0 Å². The molecule has 1 aromatic rings. The lowest BCUT2D eigenvalue weighted by Gasteiger charge is -2.28. The Morgan fingerprint density at radius 3 is 2.58 bits per heavy atom. The molecule has 1 amide bonds. The number of rotatable bonds is 4. The fraction of sp³-hybridized carbons (Fsp3) is 0.600. The molecule has 3 nitrogen and oxygen atoms in total. The van der Waals surface area contributed by atoms with Crippen molar-refractivity contribution in [1.29, 1.82) is 0 Å². The van der Waals surface area contributed by atoms with Gasteiger partial charge in [-0.15, -0.1) is 0 Å². The van der Waals surface area contributed by atoms with Crippen LogP contribution in [0.25, 0.3) is 0 Å². The van der Waals surface area contributed by atoms with Crippen molar-refractivity contribution in [3.8, 4) is 0 Å². The van der Waals surface area contributed by atoms with Gasteiger partial charge in [-0.25, -0.2) is 4.98 Å². The predicted octanol–water partition coefficient (Wildman–Crippen LogP) is 3.85. The molecule has 0 aliphatic heterocycles. The van der Waals surface area contributed by atoms with E-state index in [9.17, 15) is 4.79 Å². The fourth-order valence-electron chi connectivity index (χ4n) is 1.56. The Morgan fingerprint density at radius 1 is 1.42 bits per heavy atom. The second-order valence-corrected chi connectivity index (χ2v) is 6.37. The average molecular weight is 283 g/mol. The van der Waals surface area contributed by atoms with E-state index >= 15 is 0 Å². The zero-order valence-electron chi connectivity index (χ0n) is 12.4. The number of aromatic nitrogens is 1. The van der Waals surface area contributed by atoms with Crippen molar-refractivity contribution < 1.29 is 4.79 Å². The third-order valence-electron chi connectivity index (χ3n) is 3.26. The molecule has 0 spiro atoms. The summed E-state index contributed by atoms with van der Waals surface area (Å²) in [4.78, 5) is 16.4. The van der Waals surface area contributed by atoms with Crippen molar-refractivity contribution in [3.63, 3.8) is 0 Å². The van der Waals surface area contributed by atoms with Gasteiger partial charge in [0, 0.05) is 17.3 Å². The fourth-order valence-corrected chi connectivity index (χ4v) is 1.79. The second kappa shape index (κ2) is 6.38. The molecule has 4 heteroatoms. The summed E-state index contributed by atoms with van der Waals surface area (Å²) in [5, 5.41) is 3.38. The minimum absolute atomic E-state index is 0.0265. The van der Waals surface area contributed by atoms with Crippen molar-refractivity contribution in [2.75, 3.05) is 0 Å². The highest BCUT2D eigenvalue weighted by Crippen LogP contribution is 2.19. The second-order valence-electron chi connectivity index (χ2n) is 5.98. The van der Waals surface area contributed by atoms with Crippen LogP contribution in [0.3, 0.4) is 0 Å². The third-order valence-corrected chi connectivity index (χ3v) is 3.46. The molecule has 0 aromatic carbocycles. The first-order chi connectivity index (χ1) is 8.74. The van der Waals surface area contributed by atoms with E-state index in [1.54, 1.807) is 6.07 Å². The van der Waals surface area contributed by atoms with E-state index in [0.29, 0.717) is 10.7 Å². The molecule has 19 heavy (non-hydrogen) atoms. The molecule has 1 atom stereocenters. The van der Waals surface area contributed by atoms with Crippen LogP contribution < -0.4 is 5.32 Å². The normalized spacial score (nSPS) is 13.2. The molecular weight excluding hydrogens is 260 g/mol. The number of nitrogens with one attached hydrogen (secondary N) is 1. The molecular formula is C15H23ClN2O. The van der Waals surface area contributed by atoms with Gasteiger partial charge >= 0.3 is 0 Å². The Hall–Kier alpha value is -1.09. The van der Waals surface area contributed by atoms with Crippen LogP contribution in [0.2, 0.25) is 5.15 Å². The van der Waals surface area contributed by atoms with Crippen LogP contribution in [0, 0.1) is 5.41 Å². The van der Waals surface area contributed by atoms with Crippen molar-refractivity contribution in [1.82, 2.24) is 10.3 Å². The van der Waals surface area contributed by atoms with Gasteiger partial charge in [-0.1, -0.05) is 45.7 Å². The summed E-state index contributed by atoms with van der Waals surface area (Å²) < 4.78 is 0. The molecule has 1 aromatic heterocycles. The average Bonchev–Trinajstić information content (AvgIpc) is 2.27. The molecule has 0 aliphatic rings. The van der Waals surface area contributed by atoms with Crippen LogP contribution in [0.1, 0.15) is 57.1 Å². The molecule has 0 fully saturated rings. The van der Waals surface area contributed by atoms with Crippen molar-refractivity contribution >= 4 is 17.5 Å². The Kier molecular flexibility index (Phi) is 5.36. The van der Waals surface area contributed by atoms with Crippen molar-refractivity contribution in [2.45, 2.75) is 53.5 Å². The monoisotopic (exact) mass is 282 g/mol. The summed E-state index contributed by atoms with van der Waals surface area (Å²) in [5.74, 6) is -0.0934. The number of carbonyl (C=O) groups is 1. The van der Waals surface area contributed by atoms with Crippen LogP contribution in [0.15, 0.2) is 12.1 Å². The molecule has 0 radical (unpaired) electrons. The first-order valence-corrected chi connectivity index (χ1v) is 7.09. The molecule has 0 saturated heterocycles. The summed E-state index contributed by atoms with van der Waals surface area (Å²) in [6, 6.07) is 3.52. The number of nitrogens with zero attached hydrogens (tertiary/aromatic N) is 1. The maximum atomic E-state index is 12.2. The van der Waals surface area contributed by atoms with Gasteiger partial charge < -0.3 is 5.32 Å². The molecule has 0 saturated carbocycles. The minimum Gasteiger partial charge on any atom is -0.349 e. The predicted molar refractivity (Wildman–Crippen MR) is 79.6 cm³/mol. The lowest BCUT2D eigenvalue weighted by molar-refractivity contribution is 0.0910. The first-order valence-electron chi connectivity index (χ1n) is 6.71. The molecule has 0 aliphatic carbocycles. The lowest BCUT2D eigenvalue weighted by Crippen LogP contribution is -2.41. The van der Waals surface area contributed by atoms with Gasteiger partial charge in [0.1, 0.15) is 5.15 Å². The van der Waals surface area contributed by atoms with E-state index < -0.39 is 0 Å². The van der Waals surface area contributed by atoms with Crippen LogP contribution >= 0.6 is 11.6 Å². The number of aryl methyl sites for hydroxylation is 1. The standard InChI is InChI=1S/C15H23ClN2O/c1-6-7-12-8-11(9-13(16)18-12)14(19)17-10(2)15(3,4)5/h8-10H,6-7H2,1-5H3,(H,17,19). The Balaban J connectivity index is 2.88. The first kappa shape index (κ1) is 16.0. The summed E-state index contributed by atoms with van der Waals surface area (Å²) in [5.41, 5.74) is 1.47. The van der Waals surface area contributed by atoms with Gasteiger partial charge in [-0.3, -0.25) is 4.79 Å². The van der Waals surface area contributed by atoms with E-state index in [-0.39, 0.29) is 17.4 Å². The smallest absolute Gasteiger partial charge is 0.251 e. The summed E-state index contributed by atoms with van der Waals surface area (Å²) in [6.07, 6.45) is 1.81. The van der Waals surface area contributed by atoms with Crippen LogP contribution in [-0.4, -0.2) is 16.9 Å². The van der Waals surface area contributed by atoms with E-state index in [4.69, 9.17) is 11.6 Å². The van der Waals surface area contributed by atoms with E-state index in [2.05, 4.69) is 38.0 Å². The van der Waals surface area contributed by atoms with Gasteiger partial charge in [0.2, 0.25) is 0 Å². The van der Waals surface area contributed by atoms with Crippen LogP contribution in [0.4, 0.5) is 0 Å². The SMILES string of the molecule is CCCc1cc(C(=O)NC(C)C(C)(C)C)cc(Cl)n1. The Labute approximate surface area is 120 Å². The zero-order chi connectivity index (χ0) is 14.6. The molecule has 1 unspecified atom stereocenters. The number of hydrogen-bond donors (Lipinski definition) is 1. The lowest BCUT2D eigenvalue weighted by atomic mass is 9.88. The van der Waals surface area contributed by atoms with Crippen LogP contribution in [-0.2, 0) is 6.42 Å². The third kappa shape index (κ3) is 4.83.